The molecule has 16 heavy (non-hydrogen) atoms. The molecule has 0 radical (unpaired) electrons. The van der Waals surface area contributed by atoms with E-state index in [4.69, 9.17) is 0 Å². The van der Waals surface area contributed by atoms with Crippen molar-refractivity contribution in [2.75, 3.05) is 0 Å². The predicted octanol–water partition coefficient (Wildman–Crippen LogP) is 4.23. The molecule has 0 aromatic heterocycles. The van der Waals surface area contributed by atoms with Crippen molar-refractivity contribution in [2.24, 2.45) is 5.92 Å². The summed E-state index contributed by atoms with van der Waals surface area (Å²) in [6.45, 7) is 8.61. The third-order valence-corrected chi connectivity index (χ3v) is 3.83. The molecule has 0 aromatic rings. The first-order valence-electron chi connectivity index (χ1n) is 6.45. The van der Waals surface area contributed by atoms with Gasteiger partial charge in [-0.05, 0) is 58.8 Å². The van der Waals surface area contributed by atoms with Crippen molar-refractivity contribution < 1.29 is 5.11 Å². The van der Waals surface area contributed by atoms with Gasteiger partial charge in [0.05, 0.1) is 5.60 Å². The molecule has 0 amide bonds. The van der Waals surface area contributed by atoms with Gasteiger partial charge in [0.25, 0.3) is 0 Å². The van der Waals surface area contributed by atoms with Crippen LogP contribution in [-0.4, -0.2) is 10.7 Å². The van der Waals surface area contributed by atoms with Crippen molar-refractivity contribution in [3.8, 4) is 0 Å². The zero-order valence-electron chi connectivity index (χ0n) is 11.2. The first kappa shape index (κ1) is 13.5. The van der Waals surface area contributed by atoms with Crippen molar-refractivity contribution in [1.82, 2.24) is 0 Å². The van der Waals surface area contributed by atoms with E-state index in [1.165, 1.54) is 11.1 Å². The molecular formula is C15H26O. The van der Waals surface area contributed by atoms with Gasteiger partial charge < -0.3 is 5.11 Å². The second-order valence-corrected chi connectivity index (χ2v) is 5.62. The van der Waals surface area contributed by atoms with Crippen LogP contribution in [0.2, 0.25) is 0 Å². The molecule has 92 valence electrons. The Kier molecular flexibility index (Phi) is 4.79. The van der Waals surface area contributed by atoms with Crippen molar-refractivity contribution in [3.63, 3.8) is 0 Å². The Balaban J connectivity index is 2.47. The highest BCUT2D eigenvalue weighted by Gasteiger charge is 2.33. The Bertz CT molecular complexity index is 284. The summed E-state index contributed by atoms with van der Waals surface area (Å²) >= 11 is 0. The lowest BCUT2D eigenvalue weighted by molar-refractivity contribution is -0.0234. The first-order chi connectivity index (χ1) is 7.44. The summed E-state index contributed by atoms with van der Waals surface area (Å²) in [6, 6.07) is 0. The van der Waals surface area contributed by atoms with Gasteiger partial charge in [-0.3, -0.25) is 0 Å². The van der Waals surface area contributed by atoms with Gasteiger partial charge in [-0.2, -0.15) is 0 Å². The fourth-order valence-corrected chi connectivity index (χ4v) is 2.31. The van der Waals surface area contributed by atoms with Crippen LogP contribution in [0.1, 0.15) is 59.8 Å². The first-order valence-corrected chi connectivity index (χ1v) is 6.45. The summed E-state index contributed by atoms with van der Waals surface area (Å²) < 4.78 is 0. The summed E-state index contributed by atoms with van der Waals surface area (Å²) in [7, 11) is 0. The highest BCUT2D eigenvalue weighted by molar-refractivity contribution is 5.09. The molecule has 0 aliphatic heterocycles. The molecule has 0 spiro atoms. The minimum absolute atomic E-state index is 0.396. The molecule has 1 heteroatoms. The number of rotatable bonds is 4. The van der Waals surface area contributed by atoms with Gasteiger partial charge in [0.2, 0.25) is 0 Å². The van der Waals surface area contributed by atoms with E-state index in [0.29, 0.717) is 5.92 Å². The van der Waals surface area contributed by atoms with E-state index < -0.39 is 5.60 Å². The molecule has 1 aliphatic rings. The van der Waals surface area contributed by atoms with E-state index in [9.17, 15) is 5.11 Å². The molecule has 1 N–H and O–H groups in total. The highest BCUT2D eigenvalue weighted by Crippen LogP contribution is 2.35. The van der Waals surface area contributed by atoms with Crippen LogP contribution in [0.25, 0.3) is 0 Å². The van der Waals surface area contributed by atoms with Gasteiger partial charge in [0.1, 0.15) is 0 Å². The molecule has 0 saturated carbocycles. The van der Waals surface area contributed by atoms with Gasteiger partial charge in [-0.15, -0.1) is 0 Å². The van der Waals surface area contributed by atoms with Gasteiger partial charge in [-0.1, -0.05) is 30.2 Å². The number of aliphatic hydroxyl groups is 1. The van der Waals surface area contributed by atoms with Gasteiger partial charge in [-0.25, -0.2) is 0 Å². The third kappa shape index (κ3) is 3.79. The Morgan fingerprint density at radius 1 is 1.56 bits per heavy atom. The van der Waals surface area contributed by atoms with E-state index in [1.54, 1.807) is 0 Å². The van der Waals surface area contributed by atoms with E-state index >= 15 is 0 Å². The maximum absolute atomic E-state index is 10.6. The van der Waals surface area contributed by atoms with E-state index in [-0.39, 0.29) is 0 Å². The average molecular weight is 222 g/mol. The normalized spacial score (nSPS) is 27.2. The minimum atomic E-state index is -0.449. The highest BCUT2D eigenvalue weighted by atomic mass is 16.3. The molecule has 1 aliphatic carbocycles. The van der Waals surface area contributed by atoms with E-state index in [2.05, 4.69) is 39.8 Å². The summed E-state index contributed by atoms with van der Waals surface area (Å²) in [5, 5.41) is 10.6. The monoisotopic (exact) mass is 222 g/mol. The Morgan fingerprint density at radius 2 is 2.25 bits per heavy atom. The van der Waals surface area contributed by atoms with Crippen LogP contribution < -0.4 is 0 Å². The van der Waals surface area contributed by atoms with E-state index in [1.807, 2.05) is 0 Å². The van der Waals surface area contributed by atoms with Crippen molar-refractivity contribution in [1.29, 1.82) is 0 Å². The van der Waals surface area contributed by atoms with Crippen LogP contribution in [0, 0.1) is 5.92 Å². The molecule has 0 fully saturated rings. The lowest BCUT2D eigenvalue weighted by atomic mass is 9.75. The number of allylic oxidation sites excluding steroid dienone is 3. The molecule has 0 heterocycles. The smallest absolute Gasteiger partial charge is 0.0710 e. The zero-order valence-corrected chi connectivity index (χ0v) is 11.2. The molecule has 0 unspecified atom stereocenters. The second-order valence-electron chi connectivity index (χ2n) is 5.62. The molecule has 0 saturated heterocycles. The van der Waals surface area contributed by atoms with Crippen LogP contribution in [0.3, 0.4) is 0 Å². The lowest BCUT2D eigenvalue weighted by Crippen LogP contribution is -2.37. The van der Waals surface area contributed by atoms with Crippen molar-refractivity contribution >= 4 is 0 Å². The van der Waals surface area contributed by atoms with Crippen molar-refractivity contribution in [2.45, 2.75) is 65.4 Å². The second kappa shape index (κ2) is 5.67. The quantitative estimate of drug-likeness (QED) is 0.706. The maximum Gasteiger partial charge on any atom is 0.0710 e. The summed E-state index contributed by atoms with van der Waals surface area (Å²) in [5.41, 5.74) is 2.36. The summed E-state index contributed by atoms with van der Waals surface area (Å²) in [5.74, 6) is 0.396. The Hall–Kier alpha value is -0.560. The topological polar surface area (TPSA) is 20.2 Å². The molecule has 1 nitrogen and oxygen atoms in total. The number of hydrogen-bond acceptors (Lipinski definition) is 1. The largest absolute Gasteiger partial charge is 0.389 e. The van der Waals surface area contributed by atoms with E-state index in [0.717, 1.165) is 32.1 Å². The SMILES string of the molecule is CC(C)=CCC[C@H](C)[C@@]1(O)CC=C(C)CC1. The minimum Gasteiger partial charge on any atom is -0.389 e. The van der Waals surface area contributed by atoms with Crippen LogP contribution >= 0.6 is 0 Å². The number of hydrogen-bond donors (Lipinski definition) is 1. The van der Waals surface area contributed by atoms with Crippen LogP contribution in [0.5, 0.6) is 0 Å². The molecule has 0 bridgehead atoms. The fraction of sp³-hybridized carbons (Fsp3) is 0.733. The summed E-state index contributed by atoms with van der Waals surface area (Å²) in [4.78, 5) is 0. The Labute approximate surface area is 100 Å². The van der Waals surface area contributed by atoms with Crippen LogP contribution in [0.15, 0.2) is 23.3 Å². The lowest BCUT2D eigenvalue weighted by Gasteiger charge is -2.36. The molecule has 1 rings (SSSR count). The van der Waals surface area contributed by atoms with Crippen LogP contribution in [-0.2, 0) is 0 Å². The van der Waals surface area contributed by atoms with Gasteiger partial charge in [0.15, 0.2) is 0 Å². The third-order valence-electron chi connectivity index (χ3n) is 3.83. The standard InChI is InChI=1S/C15H26O/c1-12(2)6-5-7-14(4)15(16)10-8-13(3)9-11-15/h6,8,14,16H,5,7,9-11H2,1-4H3/t14-,15+/m0/s1. The molecular weight excluding hydrogens is 196 g/mol. The average Bonchev–Trinajstić information content (AvgIpc) is 2.22. The zero-order chi connectivity index (χ0) is 12.2. The predicted molar refractivity (Wildman–Crippen MR) is 70.4 cm³/mol. The van der Waals surface area contributed by atoms with Gasteiger partial charge >= 0.3 is 0 Å². The van der Waals surface area contributed by atoms with Crippen molar-refractivity contribution in [3.05, 3.63) is 23.3 Å². The molecule has 0 aromatic carbocycles. The fourth-order valence-electron chi connectivity index (χ4n) is 2.31. The van der Waals surface area contributed by atoms with Crippen LogP contribution in [0.4, 0.5) is 0 Å². The van der Waals surface area contributed by atoms with Gasteiger partial charge in [0, 0.05) is 0 Å². The Morgan fingerprint density at radius 3 is 2.75 bits per heavy atom. The maximum atomic E-state index is 10.6. The molecule has 2 atom stereocenters. The summed E-state index contributed by atoms with van der Waals surface area (Å²) in [6.07, 6.45) is 9.50.